The number of pyridine rings is 1. The Balaban J connectivity index is 1.40. The number of carbonyl (C=O) groups excluding carboxylic acids is 1. The van der Waals surface area contributed by atoms with E-state index in [1.807, 2.05) is 41.3 Å². The van der Waals surface area contributed by atoms with E-state index in [0.717, 1.165) is 41.2 Å². The summed E-state index contributed by atoms with van der Waals surface area (Å²) >= 11 is 0. The van der Waals surface area contributed by atoms with Gasteiger partial charge in [0.25, 0.3) is 5.91 Å². The summed E-state index contributed by atoms with van der Waals surface area (Å²) in [6.45, 7) is 2.83. The zero-order valence-electron chi connectivity index (χ0n) is 15.1. The number of aromatic nitrogens is 3. The summed E-state index contributed by atoms with van der Waals surface area (Å²) in [5.74, 6) is 1.35. The Hall–Kier alpha value is -3.02. The van der Waals surface area contributed by atoms with Gasteiger partial charge in [-0.05, 0) is 31.0 Å². The lowest BCUT2D eigenvalue weighted by Gasteiger charge is -2.34. The second kappa shape index (κ2) is 6.61. The molecule has 3 heterocycles. The summed E-state index contributed by atoms with van der Waals surface area (Å²) in [6, 6.07) is 11.8. The van der Waals surface area contributed by atoms with Crippen molar-refractivity contribution >= 4 is 22.8 Å². The van der Waals surface area contributed by atoms with Crippen LogP contribution in [0.15, 0.2) is 48.8 Å². The maximum absolute atomic E-state index is 13.3. The van der Waals surface area contributed by atoms with Gasteiger partial charge in [-0.15, -0.1) is 0 Å². The lowest BCUT2D eigenvalue weighted by atomic mass is 10.0. The monoisotopic (exact) mass is 359 g/mol. The maximum atomic E-state index is 13.3. The smallest absolute Gasteiger partial charge is 0.254 e. The third kappa shape index (κ3) is 3.12. The highest BCUT2D eigenvalue weighted by molar-refractivity contribution is 6.06. The van der Waals surface area contributed by atoms with Crippen LogP contribution in [-0.2, 0) is 0 Å². The zero-order valence-corrected chi connectivity index (χ0v) is 15.1. The van der Waals surface area contributed by atoms with Gasteiger partial charge in [0.2, 0.25) is 5.95 Å². The molecule has 0 unspecified atom stereocenters. The van der Waals surface area contributed by atoms with Crippen LogP contribution in [0.25, 0.3) is 10.9 Å². The van der Waals surface area contributed by atoms with Gasteiger partial charge >= 0.3 is 0 Å². The molecule has 1 amide bonds. The van der Waals surface area contributed by atoms with Gasteiger partial charge in [0, 0.05) is 55.6 Å². The number of rotatable bonds is 3. The molecule has 1 saturated carbocycles. The standard InChI is InChI=1S/C21H21N5O/c27-20(25-10-12-26(13-11-25)21-22-8-3-9-23-21)17-14-19(15-6-7-15)24-18-5-2-1-4-16(17)18/h1-5,8-9,14-15H,6-7,10-13H2. The topological polar surface area (TPSA) is 62.2 Å². The number of benzene rings is 1. The third-order valence-electron chi connectivity index (χ3n) is 5.36. The first-order valence-corrected chi connectivity index (χ1v) is 9.50. The lowest BCUT2D eigenvalue weighted by Crippen LogP contribution is -2.49. The second-order valence-electron chi connectivity index (χ2n) is 7.21. The van der Waals surface area contributed by atoms with Crippen LogP contribution in [0.4, 0.5) is 5.95 Å². The van der Waals surface area contributed by atoms with E-state index in [-0.39, 0.29) is 5.91 Å². The summed E-state index contributed by atoms with van der Waals surface area (Å²) in [5.41, 5.74) is 2.77. The van der Waals surface area contributed by atoms with Crippen molar-refractivity contribution in [1.82, 2.24) is 19.9 Å². The molecule has 3 aromatic rings. The van der Waals surface area contributed by atoms with Gasteiger partial charge < -0.3 is 9.80 Å². The predicted octanol–water partition coefficient (Wildman–Crippen LogP) is 2.86. The molecule has 5 rings (SSSR count). The molecule has 2 aliphatic rings. The number of fused-ring (bicyclic) bond motifs is 1. The Morgan fingerprint density at radius 3 is 2.44 bits per heavy atom. The number of para-hydroxylation sites is 1. The van der Waals surface area contributed by atoms with Crippen molar-refractivity contribution < 1.29 is 4.79 Å². The van der Waals surface area contributed by atoms with E-state index < -0.39 is 0 Å². The summed E-state index contributed by atoms with van der Waals surface area (Å²) in [4.78, 5) is 30.8. The van der Waals surface area contributed by atoms with Crippen LogP contribution in [0.1, 0.15) is 34.8 Å². The average Bonchev–Trinajstić information content (AvgIpc) is 3.59. The van der Waals surface area contributed by atoms with Crippen LogP contribution in [0.2, 0.25) is 0 Å². The first-order valence-electron chi connectivity index (χ1n) is 9.50. The van der Waals surface area contributed by atoms with Crippen molar-refractivity contribution in [2.75, 3.05) is 31.1 Å². The number of anilines is 1. The number of amides is 1. The molecule has 1 aromatic carbocycles. The largest absolute Gasteiger partial charge is 0.337 e. The number of hydrogen-bond acceptors (Lipinski definition) is 5. The van der Waals surface area contributed by atoms with Crippen LogP contribution in [0.5, 0.6) is 0 Å². The Morgan fingerprint density at radius 1 is 0.963 bits per heavy atom. The molecule has 6 heteroatoms. The maximum Gasteiger partial charge on any atom is 0.254 e. The summed E-state index contributed by atoms with van der Waals surface area (Å²) in [5, 5.41) is 0.945. The molecule has 6 nitrogen and oxygen atoms in total. The van der Waals surface area contributed by atoms with Gasteiger partial charge in [0.05, 0.1) is 11.1 Å². The fourth-order valence-electron chi connectivity index (χ4n) is 3.70. The number of nitrogens with zero attached hydrogens (tertiary/aromatic N) is 5. The van der Waals surface area contributed by atoms with Crippen LogP contribution in [-0.4, -0.2) is 51.9 Å². The summed E-state index contributed by atoms with van der Waals surface area (Å²) < 4.78 is 0. The SMILES string of the molecule is O=C(c1cc(C2CC2)nc2ccccc12)N1CCN(c2ncccn2)CC1. The van der Waals surface area contributed by atoms with Crippen molar-refractivity contribution in [3.63, 3.8) is 0 Å². The molecule has 0 spiro atoms. The number of piperazine rings is 1. The van der Waals surface area contributed by atoms with Crippen molar-refractivity contribution in [2.24, 2.45) is 0 Å². The second-order valence-corrected chi connectivity index (χ2v) is 7.21. The van der Waals surface area contributed by atoms with Crippen LogP contribution in [0.3, 0.4) is 0 Å². The van der Waals surface area contributed by atoms with E-state index in [4.69, 9.17) is 4.98 Å². The fraction of sp³-hybridized carbons (Fsp3) is 0.333. The Kier molecular flexibility index (Phi) is 3.96. The molecular weight excluding hydrogens is 338 g/mol. The minimum absolute atomic E-state index is 0.101. The highest BCUT2D eigenvalue weighted by atomic mass is 16.2. The van der Waals surface area contributed by atoms with Crippen molar-refractivity contribution in [2.45, 2.75) is 18.8 Å². The fourth-order valence-corrected chi connectivity index (χ4v) is 3.70. The van der Waals surface area contributed by atoms with Crippen molar-refractivity contribution in [3.05, 3.63) is 60.0 Å². The molecule has 1 aliphatic heterocycles. The molecule has 1 aliphatic carbocycles. The molecule has 136 valence electrons. The van der Waals surface area contributed by atoms with Crippen molar-refractivity contribution in [1.29, 1.82) is 0 Å². The van der Waals surface area contributed by atoms with E-state index in [2.05, 4.69) is 14.9 Å². The molecule has 2 aromatic heterocycles. The Morgan fingerprint density at radius 2 is 1.70 bits per heavy atom. The molecule has 1 saturated heterocycles. The molecule has 27 heavy (non-hydrogen) atoms. The van der Waals surface area contributed by atoms with Gasteiger partial charge in [-0.2, -0.15) is 0 Å². The van der Waals surface area contributed by atoms with E-state index >= 15 is 0 Å². The molecule has 0 N–H and O–H groups in total. The van der Waals surface area contributed by atoms with Crippen LogP contribution >= 0.6 is 0 Å². The highest BCUT2D eigenvalue weighted by Gasteiger charge is 2.29. The average molecular weight is 359 g/mol. The molecular formula is C21H21N5O. The number of carbonyl (C=O) groups is 1. The van der Waals surface area contributed by atoms with E-state index in [1.54, 1.807) is 12.4 Å². The van der Waals surface area contributed by atoms with Crippen LogP contribution < -0.4 is 4.90 Å². The van der Waals surface area contributed by atoms with Gasteiger partial charge in [-0.25, -0.2) is 9.97 Å². The predicted molar refractivity (Wildman–Crippen MR) is 104 cm³/mol. The quantitative estimate of drug-likeness (QED) is 0.720. The third-order valence-corrected chi connectivity index (χ3v) is 5.36. The minimum atomic E-state index is 0.101. The lowest BCUT2D eigenvalue weighted by molar-refractivity contribution is 0.0748. The molecule has 2 fully saturated rings. The summed E-state index contributed by atoms with van der Waals surface area (Å²) in [7, 11) is 0. The first-order chi connectivity index (χ1) is 13.3. The first kappa shape index (κ1) is 16.2. The summed E-state index contributed by atoms with van der Waals surface area (Å²) in [6.07, 6.45) is 5.86. The van der Waals surface area contributed by atoms with E-state index in [9.17, 15) is 4.79 Å². The zero-order chi connectivity index (χ0) is 18.2. The van der Waals surface area contributed by atoms with Gasteiger partial charge in [-0.1, -0.05) is 18.2 Å². The van der Waals surface area contributed by atoms with Gasteiger partial charge in [0.1, 0.15) is 0 Å². The van der Waals surface area contributed by atoms with E-state index in [0.29, 0.717) is 19.0 Å². The molecule has 0 atom stereocenters. The normalized spacial score (nSPS) is 17.3. The van der Waals surface area contributed by atoms with Gasteiger partial charge in [0.15, 0.2) is 0 Å². The van der Waals surface area contributed by atoms with Crippen molar-refractivity contribution in [3.8, 4) is 0 Å². The molecule has 0 radical (unpaired) electrons. The van der Waals surface area contributed by atoms with Crippen LogP contribution in [0, 0.1) is 0 Å². The van der Waals surface area contributed by atoms with E-state index in [1.165, 1.54) is 12.8 Å². The Labute approximate surface area is 157 Å². The molecule has 0 bridgehead atoms. The highest BCUT2D eigenvalue weighted by Crippen LogP contribution is 2.40. The number of hydrogen-bond donors (Lipinski definition) is 0. The Bertz CT molecular complexity index is 978. The minimum Gasteiger partial charge on any atom is -0.337 e. The van der Waals surface area contributed by atoms with Gasteiger partial charge in [-0.3, -0.25) is 9.78 Å².